The number of carbonyl (C=O) groups excluding carboxylic acids is 3. The summed E-state index contributed by atoms with van der Waals surface area (Å²) in [5, 5.41) is 2.76. The summed E-state index contributed by atoms with van der Waals surface area (Å²) in [5.74, 6) is -1.07. The minimum Gasteiger partial charge on any atom is -0.322 e. The molecule has 5 nitrogen and oxygen atoms in total. The zero-order valence-corrected chi connectivity index (χ0v) is 15.6. The summed E-state index contributed by atoms with van der Waals surface area (Å²) in [6.45, 7) is 0. The molecule has 0 saturated carbocycles. The topological polar surface area (TPSA) is 66.5 Å². The van der Waals surface area contributed by atoms with Crippen molar-refractivity contribution in [3.63, 3.8) is 0 Å². The van der Waals surface area contributed by atoms with E-state index >= 15 is 0 Å². The van der Waals surface area contributed by atoms with Crippen LogP contribution in [0.4, 0.5) is 11.4 Å². The standard InChI is InChI=1S/C21H13BrN2O3/c22-14-6-9-16(10-7-14)24-20(26)17-11-8-15(12-18(17)21(24)27)23-19(25)13-4-2-1-3-5-13/h1-12H,(H,23,25). The molecule has 3 amide bonds. The van der Waals surface area contributed by atoms with Gasteiger partial charge in [-0.3, -0.25) is 14.4 Å². The monoisotopic (exact) mass is 420 g/mol. The van der Waals surface area contributed by atoms with Gasteiger partial charge in [0, 0.05) is 15.7 Å². The van der Waals surface area contributed by atoms with Gasteiger partial charge >= 0.3 is 0 Å². The minimum atomic E-state index is -0.409. The molecule has 27 heavy (non-hydrogen) atoms. The molecule has 0 aliphatic carbocycles. The Kier molecular flexibility index (Phi) is 4.33. The summed E-state index contributed by atoms with van der Waals surface area (Å²) in [6.07, 6.45) is 0. The Labute approximate surface area is 163 Å². The van der Waals surface area contributed by atoms with E-state index in [2.05, 4.69) is 21.2 Å². The van der Waals surface area contributed by atoms with Gasteiger partial charge in [-0.25, -0.2) is 4.90 Å². The summed E-state index contributed by atoms with van der Waals surface area (Å²) in [4.78, 5) is 38.9. The van der Waals surface area contributed by atoms with Gasteiger partial charge in [-0.05, 0) is 54.6 Å². The Bertz CT molecular complexity index is 1060. The van der Waals surface area contributed by atoms with Crippen molar-refractivity contribution in [2.24, 2.45) is 0 Å². The molecule has 0 spiro atoms. The molecule has 1 N–H and O–H groups in total. The normalized spacial score (nSPS) is 12.9. The molecule has 132 valence electrons. The van der Waals surface area contributed by atoms with Crippen molar-refractivity contribution in [3.8, 4) is 0 Å². The Morgan fingerprint density at radius 1 is 0.815 bits per heavy atom. The minimum absolute atomic E-state index is 0.272. The van der Waals surface area contributed by atoms with Crippen molar-refractivity contribution in [1.29, 1.82) is 0 Å². The van der Waals surface area contributed by atoms with Crippen LogP contribution in [-0.4, -0.2) is 17.7 Å². The maximum Gasteiger partial charge on any atom is 0.266 e. The summed E-state index contributed by atoms with van der Waals surface area (Å²) in [7, 11) is 0. The SMILES string of the molecule is O=C(Nc1ccc2c(c1)C(=O)N(c1ccc(Br)cc1)C2=O)c1ccccc1. The lowest BCUT2D eigenvalue weighted by Crippen LogP contribution is -2.29. The molecule has 0 radical (unpaired) electrons. The van der Waals surface area contributed by atoms with Crippen LogP contribution in [0, 0.1) is 0 Å². The molecule has 0 atom stereocenters. The third-order valence-corrected chi connectivity index (χ3v) is 4.79. The third kappa shape index (κ3) is 3.15. The van der Waals surface area contributed by atoms with Crippen LogP contribution in [0.1, 0.15) is 31.1 Å². The first-order chi connectivity index (χ1) is 13.0. The molecule has 1 heterocycles. The number of amides is 3. The number of fused-ring (bicyclic) bond motifs is 1. The molecule has 1 aliphatic rings. The average molecular weight is 421 g/mol. The van der Waals surface area contributed by atoms with Gasteiger partial charge in [-0.1, -0.05) is 34.1 Å². The summed E-state index contributed by atoms with van der Waals surface area (Å²) >= 11 is 3.34. The van der Waals surface area contributed by atoms with Crippen molar-refractivity contribution < 1.29 is 14.4 Å². The second-order valence-electron chi connectivity index (χ2n) is 6.00. The molecule has 4 rings (SSSR count). The predicted octanol–water partition coefficient (Wildman–Crippen LogP) is 4.50. The van der Waals surface area contributed by atoms with Gasteiger partial charge in [0.1, 0.15) is 0 Å². The molecule has 0 aromatic heterocycles. The smallest absolute Gasteiger partial charge is 0.266 e. The highest BCUT2D eigenvalue weighted by molar-refractivity contribution is 9.10. The van der Waals surface area contributed by atoms with E-state index in [9.17, 15) is 14.4 Å². The van der Waals surface area contributed by atoms with Gasteiger partial charge in [0.15, 0.2) is 0 Å². The summed E-state index contributed by atoms with van der Waals surface area (Å²) < 4.78 is 0.855. The lowest BCUT2D eigenvalue weighted by Gasteiger charge is -2.13. The number of imide groups is 1. The van der Waals surface area contributed by atoms with E-state index in [-0.39, 0.29) is 17.4 Å². The summed E-state index contributed by atoms with van der Waals surface area (Å²) in [6, 6.07) is 20.4. The van der Waals surface area contributed by atoms with E-state index in [1.54, 1.807) is 60.7 Å². The number of rotatable bonds is 3. The predicted molar refractivity (Wildman–Crippen MR) is 106 cm³/mol. The van der Waals surface area contributed by atoms with Crippen LogP contribution >= 0.6 is 15.9 Å². The van der Waals surface area contributed by atoms with Crippen molar-refractivity contribution in [2.75, 3.05) is 10.2 Å². The molecular formula is C21H13BrN2O3. The fourth-order valence-corrected chi connectivity index (χ4v) is 3.20. The van der Waals surface area contributed by atoms with Gasteiger partial charge < -0.3 is 5.32 Å². The van der Waals surface area contributed by atoms with E-state index in [4.69, 9.17) is 0 Å². The molecule has 1 aliphatic heterocycles. The van der Waals surface area contributed by atoms with Crippen molar-refractivity contribution in [3.05, 3.63) is 94.0 Å². The van der Waals surface area contributed by atoms with Crippen LogP contribution in [0.2, 0.25) is 0 Å². The zero-order valence-electron chi connectivity index (χ0n) is 14.0. The number of benzene rings is 3. The number of halogens is 1. The lowest BCUT2D eigenvalue weighted by atomic mass is 10.1. The number of nitrogens with one attached hydrogen (secondary N) is 1. The number of nitrogens with zero attached hydrogens (tertiary/aromatic N) is 1. The first-order valence-electron chi connectivity index (χ1n) is 8.19. The van der Waals surface area contributed by atoms with Crippen LogP contribution in [0.15, 0.2) is 77.3 Å². The van der Waals surface area contributed by atoms with E-state index in [0.717, 1.165) is 9.37 Å². The molecule has 6 heteroatoms. The van der Waals surface area contributed by atoms with Crippen LogP contribution < -0.4 is 10.2 Å². The van der Waals surface area contributed by atoms with Crippen LogP contribution in [0.3, 0.4) is 0 Å². The number of hydrogen-bond donors (Lipinski definition) is 1. The molecular weight excluding hydrogens is 408 g/mol. The van der Waals surface area contributed by atoms with Gasteiger partial charge in [-0.15, -0.1) is 0 Å². The fraction of sp³-hybridized carbons (Fsp3) is 0. The zero-order chi connectivity index (χ0) is 19.0. The Hall–Kier alpha value is -3.25. The number of carbonyl (C=O) groups is 3. The van der Waals surface area contributed by atoms with E-state index in [1.165, 1.54) is 6.07 Å². The van der Waals surface area contributed by atoms with E-state index in [1.807, 2.05) is 6.07 Å². The van der Waals surface area contributed by atoms with Crippen molar-refractivity contribution in [2.45, 2.75) is 0 Å². The fourth-order valence-electron chi connectivity index (χ4n) is 2.94. The van der Waals surface area contributed by atoms with Crippen LogP contribution in [0.25, 0.3) is 0 Å². The molecule has 0 fully saturated rings. The van der Waals surface area contributed by atoms with Gasteiger partial charge in [0.05, 0.1) is 16.8 Å². The summed E-state index contributed by atoms with van der Waals surface area (Å²) in [5.41, 5.74) is 2.06. The highest BCUT2D eigenvalue weighted by Crippen LogP contribution is 2.31. The molecule has 0 unspecified atom stereocenters. The highest BCUT2D eigenvalue weighted by atomic mass is 79.9. The number of hydrogen-bond acceptors (Lipinski definition) is 3. The average Bonchev–Trinajstić information content (AvgIpc) is 2.93. The molecule has 3 aromatic rings. The van der Waals surface area contributed by atoms with Crippen LogP contribution in [0.5, 0.6) is 0 Å². The molecule has 3 aromatic carbocycles. The highest BCUT2D eigenvalue weighted by Gasteiger charge is 2.36. The van der Waals surface area contributed by atoms with E-state index < -0.39 is 5.91 Å². The second kappa shape index (κ2) is 6.81. The van der Waals surface area contributed by atoms with Gasteiger partial charge in [0.25, 0.3) is 17.7 Å². The Morgan fingerprint density at radius 2 is 1.48 bits per heavy atom. The Morgan fingerprint density at radius 3 is 2.19 bits per heavy atom. The first kappa shape index (κ1) is 17.2. The van der Waals surface area contributed by atoms with Crippen molar-refractivity contribution in [1.82, 2.24) is 0 Å². The maximum absolute atomic E-state index is 12.8. The number of anilines is 2. The van der Waals surface area contributed by atoms with E-state index in [0.29, 0.717) is 22.5 Å². The largest absolute Gasteiger partial charge is 0.322 e. The Balaban J connectivity index is 1.62. The first-order valence-corrected chi connectivity index (χ1v) is 8.99. The van der Waals surface area contributed by atoms with Crippen LogP contribution in [-0.2, 0) is 0 Å². The molecule has 0 saturated heterocycles. The van der Waals surface area contributed by atoms with Gasteiger partial charge in [-0.2, -0.15) is 0 Å². The van der Waals surface area contributed by atoms with Gasteiger partial charge in [0.2, 0.25) is 0 Å². The van der Waals surface area contributed by atoms with Crippen molar-refractivity contribution >= 4 is 45.0 Å². The maximum atomic E-state index is 12.8. The molecule has 0 bridgehead atoms. The quantitative estimate of drug-likeness (QED) is 0.634. The second-order valence-corrected chi connectivity index (χ2v) is 6.92. The lowest BCUT2D eigenvalue weighted by molar-refractivity contribution is 0.0924. The third-order valence-electron chi connectivity index (χ3n) is 4.27.